The zero-order valence-electron chi connectivity index (χ0n) is 8.10. The molecule has 0 N–H and O–H groups in total. The molecule has 0 atom stereocenters. The van der Waals surface area contributed by atoms with Crippen molar-refractivity contribution in [3.05, 3.63) is 36.4 Å². The van der Waals surface area contributed by atoms with Gasteiger partial charge in [0.05, 0.1) is 18.9 Å². The first-order chi connectivity index (χ1) is 7.35. The van der Waals surface area contributed by atoms with E-state index in [1.165, 1.54) is 6.20 Å². The van der Waals surface area contributed by atoms with Crippen molar-refractivity contribution in [3.8, 4) is 23.1 Å². The van der Waals surface area contributed by atoms with Crippen LogP contribution in [-0.4, -0.2) is 12.1 Å². The van der Waals surface area contributed by atoms with Crippen LogP contribution < -0.4 is 4.74 Å². The topological polar surface area (TPSA) is 59.0 Å². The Morgan fingerprint density at radius 3 is 2.87 bits per heavy atom. The summed E-state index contributed by atoms with van der Waals surface area (Å²) < 4.78 is 10.4. The van der Waals surface area contributed by atoms with Crippen LogP contribution in [0.15, 0.2) is 34.9 Å². The van der Waals surface area contributed by atoms with Crippen molar-refractivity contribution < 1.29 is 9.15 Å². The summed E-state index contributed by atoms with van der Waals surface area (Å²) in [5, 5.41) is 8.59. The fraction of sp³-hybridized carbons (Fsp3) is 0.0909. The van der Waals surface area contributed by atoms with Crippen molar-refractivity contribution in [2.45, 2.75) is 0 Å². The lowest BCUT2D eigenvalue weighted by atomic mass is 10.1. The number of benzene rings is 1. The quantitative estimate of drug-likeness (QED) is 0.745. The summed E-state index contributed by atoms with van der Waals surface area (Å²) in [6.45, 7) is 0. The van der Waals surface area contributed by atoms with E-state index in [-0.39, 0.29) is 5.89 Å². The summed E-state index contributed by atoms with van der Waals surface area (Å²) >= 11 is 0. The highest BCUT2D eigenvalue weighted by atomic mass is 16.5. The van der Waals surface area contributed by atoms with Gasteiger partial charge in [-0.05, 0) is 12.1 Å². The van der Waals surface area contributed by atoms with Crippen molar-refractivity contribution in [3.63, 3.8) is 0 Å². The maximum absolute atomic E-state index is 8.59. The Balaban J connectivity index is 2.49. The summed E-state index contributed by atoms with van der Waals surface area (Å²) in [5.74, 6) is 1.28. The van der Waals surface area contributed by atoms with Crippen LogP contribution in [-0.2, 0) is 0 Å². The third-order valence-corrected chi connectivity index (χ3v) is 1.97. The van der Waals surface area contributed by atoms with Crippen molar-refractivity contribution in [1.82, 2.24) is 4.98 Å². The van der Waals surface area contributed by atoms with Gasteiger partial charge >= 0.3 is 5.89 Å². The second kappa shape index (κ2) is 3.84. The summed E-state index contributed by atoms with van der Waals surface area (Å²) in [4.78, 5) is 3.80. The number of aromatic nitrogens is 1. The second-order valence-electron chi connectivity index (χ2n) is 2.84. The number of ether oxygens (including phenoxy) is 1. The Labute approximate surface area is 86.7 Å². The lowest BCUT2D eigenvalue weighted by Gasteiger charge is -2.03. The first-order valence-electron chi connectivity index (χ1n) is 4.34. The number of methoxy groups -OCH3 is 1. The highest BCUT2D eigenvalue weighted by Gasteiger charge is 2.09. The molecule has 2 rings (SSSR count). The molecule has 1 aromatic carbocycles. The van der Waals surface area contributed by atoms with Crippen LogP contribution >= 0.6 is 0 Å². The molecule has 0 saturated heterocycles. The van der Waals surface area contributed by atoms with Gasteiger partial charge in [0.25, 0.3) is 0 Å². The molecule has 0 aliphatic rings. The average Bonchev–Trinajstić information content (AvgIpc) is 2.77. The van der Waals surface area contributed by atoms with Crippen LogP contribution in [0, 0.1) is 11.3 Å². The summed E-state index contributed by atoms with van der Waals surface area (Å²) in [7, 11) is 1.58. The number of rotatable bonds is 2. The van der Waals surface area contributed by atoms with Gasteiger partial charge in [0.2, 0.25) is 0 Å². The zero-order valence-corrected chi connectivity index (χ0v) is 8.10. The van der Waals surface area contributed by atoms with Crippen molar-refractivity contribution in [2.24, 2.45) is 0 Å². The Morgan fingerprint density at radius 2 is 2.20 bits per heavy atom. The SMILES string of the molecule is COc1ccccc1-c1cnc(C#N)o1. The van der Waals surface area contributed by atoms with E-state index in [1.807, 2.05) is 30.3 Å². The van der Waals surface area contributed by atoms with Gasteiger partial charge in [0.15, 0.2) is 11.8 Å². The second-order valence-corrected chi connectivity index (χ2v) is 2.84. The Kier molecular flexibility index (Phi) is 2.38. The lowest BCUT2D eigenvalue weighted by molar-refractivity contribution is 0.414. The molecule has 0 aliphatic heterocycles. The van der Waals surface area contributed by atoms with Crippen LogP contribution in [0.1, 0.15) is 5.89 Å². The molecule has 4 nitrogen and oxygen atoms in total. The maximum Gasteiger partial charge on any atom is 0.301 e. The molecule has 0 unspecified atom stereocenters. The van der Waals surface area contributed by atoms with Gasteiger partial charge in [0.1, 0.15) is 5.75 Å². The number of oxazole rings is 1. The number of para-hydroxylation sites is 1. The molecule has 0 bridgehead atoms. The van der Waals surface area contributed by atoms with Crippen LogP contribution in [0.4, 0.5) is 0 Å². The molecule has 0 amide bonds. The molecule has 4 heteroatoms. The largest absolute Gasteiger partial charge is 0.496 e. The van der Waals surface area contributed by atoms with E-state index in [4.69, 9.17) is 14.4 Å². The number of hydrogen-bond acceptors (Lipinski definition) is 4. The van der Waals surface area contributed by atoms with E-state index in [0.29, 0.717) is 11.5 Å². The average molecular weight is 200 g/mol. The van der Waals surface area contributed by atoms with Crippen LogP contribution in [0.2, 0.25) is 0 Å². The summed E-state index contributed by atoms with van der Waals surface area (Å²) in [5.41, 5.74) is 0.786. The van der Waals surface area contributed by atoms with Crippen molar-refractivity contribution in [2.75, 3.05) is 7.11 Å². The minimum absolute atomic E-state index is 0.0518. The first kappa shape index (κ1) is 9.28. The monoisotopic (exact) mass is 200 g/mol. The summed E-state index contributed by atoms with van der Waals surface area (Å²) in [6.07, 6.45) is 1.51. The fourth-order valence-corrected chi connectivity index (χ4v) is 1.30. The Hall–Kier alpha value is -2.28. The molecule has 2 aromatic rings. The molecule has 0 spiro atoms. The maximum atomic E-state index is 8.59. The van der Waals surface area contributed by atoms with Crippen molar-refractivity contribution in [1.29, 1.82) is 5.26 Å². The van der Waals surface area contributed by atoms with Gasteiger partial charge in [-0.15, -0.1) is 0 Å². The normalized spacial score (nSPS) is 9.60. The highest BCUT2D eigenvalue weighted by molar-refractivity contribution is 5.65. The van der Waals surface area contributed by atoms with Gasteiger partial charge < -0.3 is 9.15 Å². The van der Waals surface area contributed by atoms with Gasteiger partial charge in [-0.3, -0.25) is 0 Å². The minimum Gasteiger partial charge on any atom is -0.496 e. The number of nitrogens with zero attached hydrogens (tertiary/aromatic N) is 2. The van der Waals surface area contributed by atoms with Gasteiger partial charge in [-0.25, -0.2) is 4.98 Å². The Bertz CT molecular complexity index is 511. The van der Waals surface area contributed by atoms with E-state index in [9.17, 15) is 0 Å². The van der Waals surface area contributed by atoms with Crippen LogP contribution in [0.3, 0.4) is 0 Å². The molecule has 0 radical (unpaired) electrons. The molecular formula is C11H8N2O2. The summed E-state index contributed by atoms with van der Waals surface area (Å²) in [6, 6.07) is 9.24. The third kappa shape index (κ3) is 1.67. The molecule has 1 heterocycles. The molecule has 1 aromatic heterocycles. The molecule has 0 aliphatic carbocycles. The number of nitriles is 1. The Morgan fingerprint density at radius 1 is 1.40 bits per heavy atom. The van der Waals surface area contributed by atoms with E-state index in [1.54, 1.807) is 7.11 Å². The molecular weight excluding hydrogens is 192 g/mol. The van der Waals surface area contributed by atoms with Gasteiger partial charge in [-0.1, -0.05) is 12.1 Å². The minimum atomic E-state index is 0.0518. The van der Waals surface area contributed by atoms with E-state index >= 15 is 0 Å². The number of hydrogen-bond donors (Lipinski definition) is 0. The predicted molar refractivity (Wildman–Crippen MR) is 53.2 cm³/mol. The van der Waals surface area contributed by atoms with Crippen LogP contribution in [0.25, 0.3) is 11.3 Å². The standard InChI is InChI=1S/C11H8N2O2/c1-14-9-5-3-2-4-8(9)10-7-13-11(6-12)15-10/h2-5,7H,1H3. The highest BCUT2D eigenvalue weighted by Crippen LogP contribution is 2.29. The van der Waals surface area contributed by atoms with E-state index in [2.05, 4.69) is 4.98 Å². The van der Waals surface area contributed by atoms with Gasteiger partial charge in [-0.2, -0.15) is 5.26 Å². The van der Waals surface area contributed by atoms with E-state index < -0.39 is 0 Å². The lowest BCUT2D eigenvalue weighted by Crippen LogP contribution is -1.85. The fourth-order valence-electron chi connectivity index (χ4n) is 1.30. The molecule has 0 fully saturated rings. The first-order valence-corrected chi connectivity index (χ1v) is 4.34. The third-order valence-electron chi connectivity index (χ3n) is 1.97. The smallest absolute Gasteiger partial charge is 0.301 e. The zero-order chi connectivity index (χ0) is 10.7. The molecule has 0 saturated carbocycles. The molecule has 74 valence electrons. The van der Waals surface area contributed by atoms with Crippen molar-refractivity contribution >= 4 is 0 Å². The predicted octanol–water partition coefficient (Wildman–Crippen LogP) is 2.22. The van der Waals surface area contributed by atoms with E-state index in [0.717, 1.165) is 5.56 Å². The van der Waals surface area contributed by atoms with Crippen LogP contribution in [0.5, 0.6) is 5.75 Å². The molecule has 15 heavy (non-hydrogen) atoms. The van der Waals surface area contributed by atoms with Gasteiger partial charge in [0, 0.05) is 0 Å².